The van der Waals surface area contributed by atoms with Gasteiger partial charge in [-0.1, -0.05) is 62.1 Å². The van der Waals surface area contributed by atoms with Gasteiger partial charge in [-0.3, -0.25) is 0 Å². The van der Waals surface area contributed by atoms with Crippen LogP contribution in [0.3, 0.4) is 0 Å². The largest absolute Gasteiger partial charge is 0.457 e. The first-order valence-electron chi connectivity index (χ1n) is 6.98. The van der Waals surface area contributed by atoms with Crippen molar-refractivity contribution in [3.05, 3.63) is 0 Å². The summed E-state index contributed by atoms with van der Waals surface area (Å²) in [7, 11) is 0. The molecule has 0 saturated heterocycles. The van der Waals surface area contributed by atoms with E-state index in [9.17, 15) is 39.5 Å². The monoisotopic (exact) mass is 472 g/mol. The second-order valence-electron chi connectivity index (χ2n) is 5.44. The minimum absolute atomic E-state index is 0.0720. The fourth-order valence-corrected chi connectivity index (χ4v) is 3.13. The zero-order valence-electron chi connectivity index (χ0n) is 12.5. The maximum atomic E-state index is 14.2. The maximum Gasteiger partial charge on any atom is 0.457 e. The Morgan fingerprint density at radius 1 is 0.783 bits per heavy atom. The van der Waals surface area contributed by atoms with Crippen molar-refractivity contribution in [2.75, 3.05) is 0 Å². The van der Waals surface area contributed by atoms with Crippen LogP contribution in [-0.4, -0.2) is 27.9 Å². The van der Waals surface area contributed by atoms with E-state index in [1.54, 1.807) is 0 Å². The van der Waals surface area contributed by atoms with Gasteiger partial charge in [0.1, 0.15) is 0 Å². The topological polar surface area (TPSA) is 0 Å². The van der Waals surface area contributed by atoms with Crippen LogP contribution < -0.4 is 0 Å². The lowest BCUT2D eigenvalue weighted by Gasteiger charge is -2.41. The summed E-state index contributed by atoms with van der Waals surface area (Å²) in [5.74, 6) is -9.08. The first-order valence-corrected chi connectivity index (χ1v) is 8.23. The Hall–Kier alpha value is 0.1000. The molecule has 0 N–H and O–H groups in total. The molecule has 0 aromatic rings. The quantitative estimate of drug-likeness (QED) is 0.157. The van der Waals surface area contributed by atoms with E-state index in [1.165, 1.54) is 22.6 Å². The molecule has 0 radical (unpaired) electrons. The van der Waals surface area contributed by atoms with Gasteiger partial charge in [0.2, 0.25) is 0 Å². The van der Waals surface area contributed by atoms with Gasteiger partial charge < -0.3 is 0 Å². The van der Waals surface area contributed by atoms with Crippen LogP contribution in [-0.2, 0) is 0 Å². The van der Waals surface area contributed by atoms with Gasteiger partial charge in [0.05, 0.1) is 0 Å². The predicted molar refractivity (Wildman–Crippen MR) is 76.6 cm³/mol. The average Bonchev–Trinajstić information content (AvgIpc) is 2.38. The fourth-order valence-electron chi connectivity index (χ4n) is 2.19. The first-order chi connectivity index (χ1) is 10.1. The SMILES string of the molecule is CCCCCCC(I)C(C)C(F)(C(F)(F)F)C(F)(F)C(F)(F)F. The van der Waals surface area contributed by atoms with Gasteiger partial charge in [-0.05, 0) is 6.42 Å². The molecule has 0 aliphatic carbocycles. The van der Waals surface area contributed by atoms with Crippen LogP contribution in [0, 0.1) is 5.92 Å². The molecule has 23 heavy (non-hydrogen) atoms. The molecule has 0 rings (SSSR count). The van der Waals surface area contributed by atoms with Crippen molar-refractivity contribution < 1.29 is 39.5 Å². The van der Waals surface area contributed by atoms with E-state index in [4.69, 9.17) is 0 Å². The highest BCUT2D eigenvalue weighted by Gasteiger charge is 2.82. The van der Waals surface area contributed by atoms with Gasteiger partial charge in [-0.25, -0.2) is 4.39 Å². The van der Waals surface area contributed by atoms with E-state index in [0.29, 0.717) is 19.8 Å². The molecule has 3 unspecified atom stereocenters. The number of hydrogen-bond acceptors (Lipinski definition) is 0. The summed E-state index contributed by atoms with van der Waals surface area (Å²) >= 11 is 1.31. The molecule has 0 heterocycles. The van der Waals surface area contributed by atoms with E-state index < -0.39 is 33.8 Å². The number of rotatable bonds is 8. The molecule has 0 bridgehead atoms. The molecule has 0 amide bonds. The van der Waals surface area contributed by atoms with Gasteiger partial charge in [0.25, 0.3) is 5.67 Å². The molecule has 3 atom stereocenters. The molecule has 0 aliphatic heterocycles. The van der Waals surface area contributed by atoms with E-state index in [0.717, 1.165) is 12.8 Å². The van der Waals surface area contributed by atoms with Gasteiger partial charge >= 0.3 is 18.3 Å². The average molecular weight is 472 g/mol. The molecule has 0 aromatic heterocycles. The van der Waals surface area contributed by atoms with E-state index in [2.05, 4.69) is 0 Å². The Balaban J connectivity index is 5.49. The van der Waals surface area contributed by atoms with Crippen molar-refractivity contribution in [2.45, 2.75) is 73.8 Å². The van der Waals surface area contributed by atoms with Crippen LogP contribution in [0.2, 0.25) is 0 Å². The summed E-state index contributed by atoms with van der Waals surface area (Å²) in [6.07, 6.45) is -10.6. The van der Waals surface area contributed by atoms with Crippen LogP contribution in [0.1, 0.15) is 46.0 Å². The maximum absolute atomic E-state index is 14.2. The second kappa shape index (κ2) is 7.99. The summed E-state index contributed by atoms with van der Waals surface area (Å²) in [5.41, 5.74) is -5.67. The summed E-state index contributed by atoms with van der Waals surface area (Å²) < 4.78 is 115. The summed E-state index contributed by atoms with van der Waals surface area (Å²) in [5, 5.41) is 0. The Kier molecular flexibility index (Phi) is 8.02. The van der Waals surface area contributed by atoms with Crippen LogP contribution in [0.5, 0.6) is 0 Å². The standard InChI is InChI=1S/C13H18F9I/c1-3-4-5-6-7-9(23)8(2)10(14,12(17,18)19)11(15,16)13(20,21)22/h8-9H,3-7H2,1-2H3. The van der Waals surface area contributed by atoms with Crippen molar-refractivity contribution in [2.24, 2.45) is 5.92 Å². The third-order valence-electron chi connectivity index (χ3n) is 3.73. The number of alkyl halides is 10. The fraction of sp³-hybridized carbons (Fsp3) is 1.00. The smallest absolute Gasteiger partial charge is 0.226 e. The minimum Gasteiger partial charge on any atom is -0.226 e. The van der Waals surface area contributed by atoms with Crippen LogP contribution >= 0.6 is 22.6 Å². The highest BCUT2D eigenvalue weighted by molar-refractivity contribution is 14.1. The Morgan fingerprint density at radius 2 is 1.26 bits per heavy atom. The third-order valence-corrected chi connectivity index (χ3v) is 5.43. The molecule has 0 aromatic carbocycles. The molecule has 140 valence electrons. The Labute approximate surface area is 142 Å². The summed E-state index contributed by atoms with van der Waals surface area (Å²) in [4.78, 5) is 0. The number of hydrogen-bond donors (Lipinski definition) is 0. The highest BCUT2D eigenvalue weighted by Crippen LogP contribution is 2.57. The minimum atomic E-state index is -6.63. The molecule has 10 heteroatoms. The van der Waals surface area contributed by atoms with Gasteiger partial charge in [0.15, 0.2) is 0 Å². The van der Waals surface area contributed by atoms with Gasteiger partial charge in [-0.15, -0.1) is 0 Å². The number of halogens is 10. The lowest BCUT2D eigenvalue weighted by atomic mass is 9.80. The normalized spacial score (nSPS) is 19.3. The Morgan fingerprint density at radius 3 is 1.61 bits per heavy atom. The Bertz CT molecular complexity index is 363. The zero-order chi connectivity index (χ0) is 18.7. The predicted octanol–water partition coefficient (Wildman–Crippen LogP) is 6.86. The van der Waals surface area contributed by atoms with E-state index in [-0.39, 0.29) is 6.42 Å². The lowest BCUT2D eigenvalue weighted by molar-refractivity contribution is -0.393. The summed E-state index contributed by atoms with van der Waals surface area (Å²) in [6.45, 7) is 2.31. The van der Waals surface area contributed by atoms with Crippen LogP contribution in [0.4, 0.5) is 39.5 Å². The summed E-state index contributed by atoms with van der Waals surface area (Å²) in [6, 6.07) is 0. The second-order valence-corrected chi connectivity index (χ2v) is 7.04. The molecule has 0 fully saturated rings. The van der Waals surface area contributed by atoms with Gasteiger partial charge in [0, 0.05) is 9.84 Å². The van der Waals surface area contributed by atoms with Crippen LogP contribution in [0.25, 0.3) is 0 Å². The molecular formula is C13H18F9I. The first kappa shape index (κ1) is 23.1. The van der Waals surface area contributed by atoms with Crippen molar-refractivity contribution in [3.8, 4) is 0 Å². The molecular weight excluding hydrogens is 454 g/mol. The third kappa shape index (κ3) is 4.81. The number of unbranched alkanes of at least 4 members (excludes halogenated alkanes) is 3. The lowest BCUT2D eigenvalue weighted by Crippen LogP contribution is -2.66. The van der Waals surface area contributed by atoms with Gasteiger partial charge in [-0.2, -0.15) is 35.1 Å². The van der Waals surface area contributed by atoms with Crippen molar-refractivity contribution in [1.82, 2.24) is 0 Å². The molecule has 0 saturated carbocycles. The van der Waals surface area contributed by atoms with Crippen LogP contribution in [0.15, 0.2) is 0 Å². The van der Waals surface area contributed by atoms with Crippen molar-refractivity contribution >= 4 is 22.6 Å². The van der Waals surface area contributed by atoms with Crippen molar-refractivity contribution in [3.63, 3.8) is 0 Å². The molecule has 0 nitrogen and oxygen atoms in total. The molecule has 0 spiro atoms. The highest BCUT2D eigenvalue weighted by atomic mass is 127. The molecule has 0 aliphatic rings. The zero-order valence-corrected chi connectivity index (χ0v) is 14.6. The van der Waals surface area contributed by atoms with E-state index in [1.807, 2.05) is 6.92 Å². The van der Waals surface area contributed by atoms with Crippen molar-refractivity contribution in [1.29, 1.82) is 0 Å². The van der Waals surface area contributed by atoms with E-state index >= 15 is 0 Å².